The molecule has 0 aliphatic heterocycles. The lowest BCUT2D eigenvalue weighted by Crippen LogP contribution is -2.15. The lowest BCUT2D eigenvalue weighted by Gasteiger charge is -2.18. The molecule has 2 N–H and O–H groups in total. The quantitative estimate of drug-likeness (QED) is 0.278. The van der Waals surface area contributed by atoms with Crippen molar-refractivity contribution >= 4 is 39.4 Å². The van der Waals surface area contributed by atoms with Gasteiger partial charge in [0.05, 0.1) is 40.0 Å². The Balaban J connectivity index is 1.70. The number of fused-ring (bicyclic) bond motifs is 1. The summed E-state index contributed by atoms with van der Waals surface area (Å²) in [6.45, 7) is 2.96. The van der Waals surface area contributed by atoms with Crippen LogP contribution in [0.3, 0.4) is 0 Å². The number of hydrogen-bond donors (Lipinski definition) is 2. The monoisotopic (exact) mass is 525 g/mol. The Bertz CT molecular complexity index is 1350. The highest BCUT2D eigenvalue weighted by atomic mass is 35.5. The van der Waals surface area contributed by atoms with E-state index in [2.05, 4.69) is 24.7 Å². The van der Waals surface area contributed by atoms with Gasteiger partial charge in [-0.25, -0.2) is 23.0 Å². The topological polar surface area (TPSA) is 115 Å². The third-order valence-electron chi connectivity index (χ3n) is 5.32. The number of aromatic nitrogens is 4. The van der Waals surface area contributed by atoms with E-state index < -0.39 is 24.0 Å². The normalized spacial score (nSPS) is 13.2. The molecule has 0 radical (unpaired) electrons. The minimum atomic E-state index is -2.67. The second-order valence-electron chi connectivity index (χ2n) is 7.52. The summed E-state index contributed by atoms with van der Waals surface area (Å²) in [5.41, 5.74) is 1.58. The molecule has 0 fully saturated rings. The van der Waals surface area contributed by atoms with Crippen LogP contribution in [0.15, 0.2) is 40.2 Å². The maximum absolute atomic E-state index is 13.3. The highest BCUT2D eigenvalue weighted by Crippen LogP contribution is 2.38. The Kier molecular flexibility index (Phi) is 7.51. The maximum atomic E-state index is 13.3. The molecule has 0 amide bonds. The van der Waals surface area contributed by atoms with Gasteiger partial charge in [-0.05, 0) is 12.5 Å². The average Bonchev–Trinajstić information content (AvgIpc) is 3.52. The van der Waals surface area contributed by atoms with Crippen LogP contribution >= 0.6 is 11.6 Å². The zero-order valence-corrected chi connectivity index (χ0v) is 20.5. The van der Waals surface area contributed by atoms with E-state index in [9.17, 15) is 13.0 Å². The van der Waals surface area contributed by atoms with E-state index in [0.717, 1.165) is 0 Å². The molecule has 0 saturated heterocycles. The number of oxazole rings is 1. The van der Waals surface area contributed by atoms with Crippen LogP contribution in [0.4, 0.5) is 14.7 Å². The summed E-state index contributed by atoms with van der Waals surface area (Å²) in [6, 6.07) is 3.41. The number of H-pyrrole nitrogens is 1. The minimum absolute atomic E-state index is 0.00125. The van der Waals surface area contributed by atoms with Crippen molar-refractivity contribution in [3.8, 4) is 23.0 Å². The van der Waals surface area contributed by atoms with E-state index in [0.29, 0.717) is 44.3 Å². The maximum Gasteiger partial charge on any atom is 0.272 e. The van der Waals surface area contributed by atoms with Gasteiger partial charge in [0.25, 0.3) is 12.3 Å². The second kappa shape index (κ2) is 10.6. The number of anilines is 1. The third-order valence-corrected chi connectivity index (χ3v) is 6.74. The van der Waals surface area contributed by atoms with Gasteiger partial charge < -0.3 is 18.9 Å². The minimum Gasteiger partial charge on any atom is -0.480 e. The first-order chi connectivity index (χ1) is 16.8. The zero-order valence-electron chi connectivity index (χ0n) is 19.0. The van der Waals surface area contributed by atoms with Crippen molar-refractivity contribution in [2.24, 2.45) is 0 Å². The molecule has 3 aromatic heterocycles. The highest BCUT2D eigenvalue weighted by Gasteiger charge is 2.24. The van der Waals surface area contributed by atoms with Gasteiger partial charge in [-0.1, -0.05) is 31.5 Å². The van der Waals surface area contributed by atoms with Gasteiger partial charge in [-0.2, -0.15) is 4.98 Å². The predicted octanol–water partition coefficient (Wildman–Crippen LogP) is 5.57. The molecular formula is C22H22ClF2N5O4S. The summed E-state index contributed by atoms with van der Waals surface area (Å²) in [6.07, 6.45) is 2.39. The first-order valence-electron chi connectivity index (χ1n) is 10.6. The zero-order chi connectivity index (χ0) is 25.1. The summed E-state index contributed by atoms with van der Waals surface area (Å²) in [4.78, 5) is 16.0. The predicted molar refractivity (Wildman–Crippen MR) is 128 cm³/mol. The lowest BCUT2D eigenvalue weighted by molar-refractivity contribution is 0.0790. The molecule has 4 aromatic rings. The van der Waals surface area contributed by atoms with Crippen molar-refractivity contribution in [2.45, 2.75) is 37.5 Å². The molecule has 35 heavy (non-hydrogen) atoms. The molecule has 4 rings (SSSR count). The summed E-state index contributed by atoms with van der Waals surface area (Å²) in [5.74, 6) is 0.302. The van der Waals surface area contributed by atoms with Crippen molar-refractivity contribution in [3.05, 3.63) is 41.6 Å². The molecule has 3 heterocycles. The molecule has 2 atom stereocenters. The molecule has 0 saturated carbocycles. The van der Waals surface area contributed by atoms with Crippen LogP contribution in [0.1, 0.15) is 31.9 Å². The number of alkyl halides is 2. The van der Waals surface area contributed by atoms with Crippen LogP contribution in [0, 0.1) is 0 Å². The fourth-order valence-electron chi connectivity index (χ4n) is 3.46. The largest absolute Gasteiger partial charge is 0.480 e. The van der Waals surface area contributed by atoms with Gasteiger partial charge in [-0.15, -0.1) is 0 Å². The Morgan fingerprint density at radius 2 is 2.11 bits per heavy atom. The van der Waals surface area contributed by atoms with Crippen molar-refractivity contribution in [1.82, 2.24) is 19.9 Å². The van der Waals surface area contributed by atoms with Crippen LogP contribution < -0.4 is 14.2 Å². The van der Waals surface area contributed by atoms with Crippen molar-refractivity contribution in [3.63, 3.8) is 0 Å². The molecule has 2 unspecified atom stereocenters. The summed E-state index contributed by atoms with van der Waals surface area (Å²) in [5, 5.41) is 1.07. The molecule has 186 valence electrons. The number of halogens is 3. The van der Waals surface area contributed by atoms with Crippen LogP contribution in [-0.4, -0.2) is 44.3 Å². The highest BCUT2D eigenvalue weighted by molar-refractivity contribution is 7.86. The molecule has 0 aliphatic carbocycles. The Labute approximate surface area is 206 Å². The van der Waals surface area contributed by atoms with Crippen molar-refractivity contribution in [1.29, 1.82) is 0 Å². The molecular weight excluding hydrogens is 504 g/mol. The van der Waals surface area contributed by atoms with Gasteiger partial charge in [0.2, 0.25) is 11.7 Å². The molecule has 9 nitrogen and oxygen atoms in total. The standard InChI is InChI=1S/C22H22ClF2N5O4S/c1-4-11(2)18-20(33-9-16(24)25)21(32-3)29-22(28-18)30-35(31)15-8-27-19-12(15)5-6-13(23)17(19)14-7-26-10-34-14/h5-8,10-11,16,27H,4,9H2,1-3H3,(H,28,29,30). The Morgan fingerprint density at radius 1 is 1.31 bits per heavy atom. The summed E-state index contributed by atoms with van der Waals surface area (Å²) in [7, 11) is -0.462. The lowest BCUT2D eigenvalue weighted by atomic mass is 10.0. The van der Waals surface area contributed by atoms with Crippen molar-refractivity contribution in [2.75, 3.05) is 18.4 Å². The molecule has 1 aromatic carbocycles. The number of methoxy groups -OCH3 is 1. The van der Waals surface area contributed by atoms with Gasteiger partial charge in [0.15, 0.2) is 23.1 Å². The van der Waals surface area contributed by atoms with Gasteiger partial charge in [0, 0.05) is 17.5 Å². The van der Waals surface area contributed by atoms with E-state index >= 15 is 0 Å². The van der Waals surface area contributed by atoms with Gasteiger partial charge in [-0.3, -0.25) is 4.72 Å². The molecule has 0 bridgehead atoms. The number of nitrogens with one attached hydrogen (secondary N) is 2. The number of benzene rings is 1. The van der Waals surface area contributed by atoms with Crippen LogP contribution in [0.5, 0.6) is 11.6 Å². The number of rotatable bonds is 10. The molecule has 13 heteroatoms. The number of ether oxygens (including phenoxy) is 2. The summed E-state index contributed by atoms with van der Waals surface area (Å²) < 4.78 is 57.5. The first kappa shape index (κ1) is 24.9. The molecule has 0 aliphatic rings. The Hall–Kier alpha value is -3.25. The van der Waals surface area contributed by atoms with E-state index in [1.165, 1.54) is 19.7 Å². The van der Waals surface area contributed by atoms with Gasteiger partial charge in [0.1, 0.15) is 6.61 Å². The molecule has 0 spiro atoms. The number of nitrogens with zero attached hydrogens (tertiary/aromatic N) is 3. The fraction of sp³-hybridized carbons (Fsp3) is 0.318. The van der Waals surface area contributed by atoms with Crippen LogP contribution in [-0.2, 0) is 11.0 Å². The van der Waals surface area contributed by atoms with E-state index in [-0.39, 0.29) is 23.5 Å². The first-order valence-corrected chi connectivity index (χ1v) is 12.1. The SMILES string of the molecule is CCC(C)c1nc(NS(=O)c2c[nH]c3c(-c4cnco4)c(Cl)ccc23)nc(OC)c1OCC(F)F. The number of aromatic amines is 1. The van der Waals surface area contributed by atoms with Crippen LogP contribution in [0.25, 0.3) is 22.2 Å². The smallest absolute Gasteiger partial charge is 0.272 e. The van der Waals surface area contributed by atoms with Crippen molar-refractivity contribution < 1.29 is 26.9 Å². The average molecular weight is 526 g/mol. The van der Waals surface area contributed by atoms with E-state index in [1.54, 1.807) is 18.3 Å². The fourth-order valence-corrected chi connectivity index (χ4v) is 4.61. The van der Waals surface area contributed by atoms with E-state index in [4.69, 9.17) is 25.5 Å². The van der Waals surface area contributed by atoms with E-state index in [1.807, 2.05) is 13.8 Å². The number of hydrogen-bond acceptors (Lipinski definition) is 7. The third kappa shape index (κ3) is 5.08. The Morgan fingerprint density at radius 3 is 2.77 bits per heavy atom. The summed E-state index contributed by atoms with van der Waals surface area (Å²) >= 11 is 6.38. The van der Waals surface area contributed by atoms with Crippen LogP contribution in [0.2, 0.25) is 5.02 Å². The second-order valence-corrected chi connectivity index (χ2v) is 9.11. The van der Waals surface area contributed by atoms with Gasteiger partial charge >= 0.3 is 0 Å².